The van der Waals surface area contributed by atoms with Crippen molar-refractivity contribution < 1.29 is 14.3 Å². The largest absolute Gasteiger partial charge is 0.469 e. The lowest BCUT2D eigenvalue weighted by Gasteiger charge is -2.07. The Balaban J connectivity index is 1.90. The molecule has 0 atom stereocenters. The van der Waals surface area contributed by atoms with Gasteiger partial charge in [-0.1, -0.05) is 0 Å². The van der Waals surface area contributed by atoms with Gasteiger partial charge >= 0.3 is 0 Å². The molecule has 1 amide bonds. The number of nitrogens with one attached hydrogen (secondary N) is 1. The van der Waals surface area contributed by atoms with Crippen LogP contribution in [0.2, 0.25) is 0 Å². The minimum atomic E-state index is -0.130. The molecule has 94 valence electrons. The summed E-state index contributed by atoms with van der Waals surface area (Å²) in [5.74, 6) is 0.646. The average molecular weight is 246 g/mol. The van der Waals surface area contributed by atoms with Crippen molar-refractivity contribution in [2.24, 2.45) is 0 Å². The number of aliphatic hydroxyl groups is 1. The number of anilines is 1. The van der Waals surface area contributed by atoms with Gasteiger partial charge in [0.05, 0.1) is 24.8 Å². The van der Waals surface area contributed by atoms with Crippen molar-refractivity contribution in [3.05, 3.63) is 48.2 Å². The first-order chi connectivity index (χ1) is 8.79. The number of carbonyl (C=O) groups excluding carboxylic acids is 1. The molecule has 18 heavy (non-hydrogen) atoms. The minimum Gasteiger partial charge on any atom is -0.469 e. The molecular formula is C13H14N2O3. The van der Waals surface area contributed by atoms with Crippen molar-refractivity contribution in [2.75, 3.05) is 5.32 Å². The Morgan fingerprint density at radius 3 is 3.06 bits per heavy atom. The van der Waals surface area contributed by atoms with Crippen LogP contribution in [-0.2, 0) is 17.8 Å². The molecule has 0 bridgehead atoms. The van der Waals surface area contributed by atoms with Gasteiger partial charge < -0.3 is 14.8 Å². The first-order valence-corrected chi connectivity index (χ1v) is 5.65. The van der Waals surface area contributed by atoms with Gasteiger partial charge in [0, 0.05) is 24.6 Å². The van der Waals surface area contributed by atoms with Crippen molar-refractivity contribution in [3.63, 3.8) is 0 Å². The van der Waals surface area contributed by atoms with Gasteiger partial charge in [-0.2, -0.15) is 0 Å². The van der Waals surface area contributed by atoms with Gasteiger partial charge in [0.25, 0.3) is 0 Å². The van der Waals surface area contributed by atoms with Crippen molar-refractivity contribution in [3.8, 4) is 0 Å². The number of aryl methyl sites for hydroxylation is 1. The molecule has 2 aromatic heterocycles. The number of nitrogens with zero attached hydrogens (tertiary/aromatic N) is 1. The molecule has 0 unspecified atom stereocenters. The SMILES string of the molecule is O=C(CCc1ccco1)Nc1cnccc1CO. The first-order valence-electron chi connectivity index (χ1n) is 5.65. The summed E-state index contributed by atoms with van der Waals surface area (Å²) in [5.41, 5.74) is 1.20. The summed E-state index contributed by atoms with van der Waals surface area (Å²) in [4.78, 5) is 15.6. The molecule has 0 radical (unpaired) electrons. The summed E-state index contributed by atoms with van der Waals surface area (Å²) in [6.45, 7) is -0.129. The molecule has 0 fully saturated rings. The third-order valence-corrected chi connectivity index (χ3v) is 2.53. The standard InChI is InChI=1S/C13H14N2O3/c16-9-10-5-6-14-8-12(10)15-13(17)4-3-11-2-1-7-18-11/h1-2,5-8,16H,3-4,9H2,(H,15,17). The summed E-state index contributed by atoms with van der Waals surface area (Å²) < 4.78 is 5.15. The fourth-order valence-electron chi connectivity index (χ4n) is 1.58. The molecule has 2 N–H and O–H groups in total. The Hall–Kier alpha value is -2.14. The molecule has 2 heterocycles. The Morgan fingerprint density at radius 2 is 2.33 bits per heavy atom. The summed E-state index contributed by atoms with van der Waals surface area (Å²) in [6, 6.07) is 5.29. The number of rotatable bonds is 5. The third-order valence-electron chi connectivity index (χ3n) is 2.53. The van der Waals surface area contributed by atoms with Crippen LogP contribution >= 0.6 is 0 Å². The number of aliphatic hydroxyl groups excluding tert-OH is 1. The second-order valence-electron chi connectivity index (χ2n) is 3.82. The summed E-state index contributed by atoms with van der Waals surface area (Å²) >= 11 is 0. The molecule has 0 saturated heterocycles. The molecule has 0 spiro atoms. The summed E-state index contributed by atoms with van der Waals surface area (Å²) in [6.07, 6.45) is 5.56. The van der Waals surface area contributed by atoms with E-state index in [-0.39, 0.29) is 12.5 Å². The third kappa shape index (κ3) is 3.18. The normalized spacial score (nSPS) is 10.3. The lowest BCUT2D eigenvalue weighted by Crippen LogP contribution is -2.13. The van der Waals surface area contributed by atoms with E-state index in [4.69, 9.17) is 9.52 Å². The lowest BCUT2D eigenvalue weighted by atomic mass is 10.2. The number of furan rings is 1. The Bertz CT molecular complexity index is 509. The van der Waals surface area contributed by atoms with Crippen LogP contribution in [0.3, 0.4) is 0 Å². The fraction of sp³-hybridized carbons (Fsp3) is 0.231. The number of hydrogen-bond donors (Lipinski definition) is 2. The Labute approximate surface area is 104 Å². The fourth-order valence-corrected chi connectivity index (χ4v) is 1.58. The molecule has 0 aliphatic rings. The van der Waals surface area contributed by atoms with Crippen LogP contribution in [0.25, 0.3) is 0 Å². The first kappa shape index (κ1) is 12.3. The summed E-state index contributed by atoms with van der Waals surface area (Å²) in [5, 5.41) is 11.8. The number of amides is 1. The van der Waals surface area contributed by atoms with Crippen LogP contribution in [0.1, 0.15) is 17.7 Å². The van der Waals surface area contributed by atoms with Crippen LogP contribution < -0.4 is 5.32 Å². The highest BCUT2D eigenvalue weighted by Gasteiger charge is 2.07. The zero-order valence-electron chi connectivity index (χ0n) is 9.80. The molecule has 0 aliphatic carbocycles. The van der Waals surface area contributed by atoms with E-state index in [0.29, 0.717) is 24.1 Å². The Morgan fingerprint density at radius 1 is 1.44 bits per heavy atom. The van der Waals surface area contributed by atoms with E-state index in [9.17, 15) is 4.79 Å². The van der Waals surface area contributed by atoms with E-state index in [1.54, 1.807) is 24.6 Å². The van der Waals surface area contributed by atoms with Crippen molar-refractivity contribution in [1.29, 1.82) is 0 Å². The number of carbonyl (C=O) groups is 1. The molecule has 2 rings (SSSR count). The van der Waals surface area contributed by atoms with Gasteiger partial charge in [-0.05, 0) is 18.2 Å². The topological polar surface area (TPSA) is 75.4 Å². The number of pyridine rings is 1. The van der Waals surface area contributed by atoms with E-state index in [0.717, 1.165) is 5.76 Å². The molecule has 5 nitrogen and oxygen atoms in total. The Kier molecular flexibility index (Phi) is 4.09. The predicted molar refractivity (Wildman–Crippen MR) is 65.8 cm³/mol. The van der Waals surface area contributed by atoms with Gasteiger partial charge in [-0.3, -0.25) is 9.78 Å². The lowest BCUT2D eigenvalue weighted by molar-refractivity contribution is -0.116. The molecule has 0 saturated carbocycles. The average Bonchev–Trinajstić information content (AvgIpc) is 2.90. The van der Waals surface area contributed by atoms with Crippen LogP contribution in [0, 0.1) is 0 Å². The van der Waals surface area contributed by atoms with Crippen LogP contribution in [0.15, 0.2) is 41.3 Å². The second kappa shape index (κ2) is 5.97. The van der Waals surface area contributed by atoms with Crippen LogP contribution in [0.4, 0.5) is 5.69 Å². The van der Waals surface area contributed by atoms with Crippen molar-refractivity contribution in [2.45, 2.75) is 19.4 Å². The zero-order chi connectivity index (χ0) is 12.8. The number of aromatic nitrogens is 1. The highest BCUT2D eigenvalue weighted by molar-refractivity contribution is 5.91. The van der Waals surface area contributed by atoms with Gasteiger partial charge in [-0.25, -0.2) is 0 Å². The monoisotopic (exact) mass is 246 g/mol. The van der Waals surface area contributed by atoms with Gasteiger partial charge in [0.1, 0.15) is 5.76 Å². The van der Waals surface area contributed by atoms with E-state index < -0.39 is 0 Å². The zero-order valence-corrected chi connectivity index (χ0v) is 9.80. The van der Waals surface area contributed by atoms with Crippen LogP contribution in [0.5, 0.6) is 0 Å². The van der Waals surface area contributed by atoms with E-state index >= 15 is 0 Å². The maximum atomic E-state index is 11.7. The van der Waals surface area contributed by atoms with Crippen molar-refractivity contribution in [1.82, 2.24) is 4.98 Å². The highest BCUT2D eigenvalue weighted by Crippen LogP contribution is 2.14. The highest BCUT2D eigenvalue weighted by atomic mass is 16.3. The molecule has 0 aromatic carbocycles. The van der Waals surface area contributed by atoms with E-state index in [2.05, 4.69) is 10.3 Å². The molecule has 2 aromatic rings. The maximum absolute atomic E-state index is 11.7. The van der Waals surface area contributed by atoms with Gasteiger partial charge in [0.2, 0.25) is 5.91 Å². The van der Waals surface area contributed by atoms with Gasteiger partial charge in [-0.15, -0.1) is 0 Å². The smallest absolute Gasteiger partial charge is 0.224 e. The quantitative estimate of drug-likeness (QED) is 0.842. The second-order valence-corrected chi connectivity index (χ2v) is 3.82. The molecular weight excluding hydrogens is 232 g/mol. The molecule has 5 heteroatoms. The minimum absolute atomic E-state index is 0.129. The predicted octanol–water partition coefficient (Wildman–Crippen LogP) is 1.74. The number of hydrogen-bond acceptors (Lipinski definition) is 4. The molecule has 0 aliphatic heterocycles. The summed E-state index contributed by atoms with van der Waals surface area (Å²) in [7, 11) is 0. The van der Waals surface area contributed by atoms with Crippen LogP contribution in [-0.4, -0.2) is 16.0 Å². The van der Waals surface area contributed by atoms with E-state index in [1.807, 2.05) is 6.07 Å². The van der Waals surface area contributed by atoms with Crippen molar-refractivity contribution >= 4 is 11.6 Å². The maximum Gasteiger partial charge on any atom is 0.224 e. The van der Waals surface area contributed by atoms with Gasteiger partial charge in [0.15, 0.2) is 0 Å². The van der Waals surface area contributed by atoms with E-state index in [1.165, 1.54) is 6.20 Å².